The van der Waals surface area contributed by atoms with Gasteiger partial charge in [0, 0.05) is 25.8 Å². The van der Waals surface area contributed by atoms with Gasteiger partial charge in [0.25, 0.3) is 0 Å². The number of nitrogens with one attached hydrogen (secondary N) is 1. The second kappa shape index (κ2) is 9.65. The zero-order valence-corrected chi connectivity index (χ0v) is 15.6. The lowest BCUT2D eigenvalue weighted by Gasteiger charge is -2.32. The Morgan fingerprint density at radius 2 is 1.93 bits per heavy atom. The molecule has 3 rings (SSSR count). The standard InChI is InChI=1S/C22H27NO4/c1-16(23-15-17-6-5-9-19(14-17)22(24)25)21(18-7-3-2-4-8-18)27-20-10-12-26-13-11-20/h2-9,14,16,20-21,23H,10-13,15H2,1H3,(H,24,25). The first-order valence-corrected chi connectivity index (χ1v) is 9.47. The molecule has 2 N–H and O–H groups in total. The minimum Gasteiger partial charge on any atom is -0.478 e. The van der Waals surface area contributed by atoms with Crippen LogP contribution in [0.5, 0.6) is 0 Å². The van der Waals surface area contributed by atoms with Gasteiger partial charge in [0.1, 0.15) is 0 Å². The Hall–Kier alpha value is -2.21. The average Bonchev–Trinajstić information content (AvgIpc) is 2.72. The fraction of sp³-hybridized carbons (Fsp3) is 0.409. The minimum atomic E-state index is -0.907. The maximum Gasteiger partial charge on any atom is 0.335 e. The first-order chi connectivity index (χ1) is 13.1. The number of benzene rings is 2. The molecule has 2 atom stereocenters. The number of carboxylic acids is 1. The topological polar surface area (TPSA) is 67.8 Å². The molecule has 1 fully saturated rings. The van der Waals surface area contributed by atoms with Gasteiger partial charge in [0.05, 0.1) is 17.8 Å². The van der Waals surface area contributed by atoms with Crippen LogP contribution in [0.4, 0.5) is 0 Å². The van der Waals surface area contributed by atoms with Crippen LogP contribution < -0.4 is 5.32 Å². The molecule has 0 bridgehead atoms. The number of hydrogen-bond acceptors (Lipinski definition) is 4. The van der Waals surface area contributed by atoms with E-state index in [-0.39, 0.29) is 18.2 Å². The molecule has 2 aromatic rings. The van der Waals surface area contributed by atoms with Crippen molar-refractivity contribution in [1.29, 1.82) is 0 Å². The third kappa shape index (κ3) is 5.63. The van der Waals surface area contributed by atoms with Crippen LogP contribution in [0.15, 0.2) is 54.6 Å². The molecule has 27 heavy (non-hydrogen) atoms. The normalized spacial score (nSPS) is 17.4. The molecule has 5 heteroatoms. The average molecular weight is 369 g/mol. The second-order valence-electron chi connectivity index (χ2n) is 6.95. The van der Waals surface area contributed by atoms with Crippen LogP contribution in [0.1, 0.15) is 47.4 Å². The summed E-state index contributed by atoms with van der Waals surface area (Å²) in [4.78, 5) is 11.2. The lowest BCUT2D eigenvalue weighted by molar-refractivity contribution is -0.0796. The molecule has 5 nitrogen and oxygen atoms in total. The maximum atomic E-state index is 11.2. The lowest BCUT2D eigenvalue weighted by atomic mass is 10.0. The van der Waals surface area contributed by atoms with Crippen molar-refractivity contribution in [1.82, 2.24) is 5.32 Å². The summed E-state index contributed by atoms with van der Waals surface area (Å²) in [6, 6.07) is 17.3. The van der Waals surface area contributed by atoms with Crippen LogP contribution in [0.2, 0.25) is 0 Å². The van der Waals surface area contributed by atoms with E-state index in [0.29, 0.717) is 12.1 Å². The number of rotatable bonds is 8. The van der Waals surface area contributed by atoms with E-state index in [4.69, 9.17) is 14.6 Å². The summed E-state index contributed by atoms with van der Waals surface area (Å²) >= 11 is 0. The summed E-state index contributed by atoms with van der Waals surface area (Å²) < 4.78 is 11.9. The summed E-state index contributed by atoms with van der Waals surface area (Å²) in [6.07, 6.45) is 1.95. The van der Waals surface area contributed by atoms with E-state index in [1.807, 2.05) is 24.3 Å². The first kappa shape index (κ1) is 19.5. The number of aromatic carboxylic acids is 1. The highest BCUT2D eigenvalue weighted by molar-refractivity contribution is 5.87. The molecule has 1 aliphatic heterocycles. The van der Waals surface area contributed by atoms with Crippen molar-refractivity contribution < 1.29 is 19.4 Å². The molecule has 1 aliphatic rings. The smallest absolute Gasteiger partial charge is 0.335 e. The van der Waals surface area contributed by atoms with Gasteiger partial charge in [-0.3, -0.25) is 0 Å². The fourth-order valence-electron chi connectivity index (χ4n) is 3.35. The van der Waals surface area contributed by atoms with Gasteiger partial charge in [-0.15, -0.1) is 0 Å². The summed E-state index contributed by atoms with van der Waals surface area (Å²) in [5, 5.41) is 12.7. The van der Waals surface area contributed by atoms with Crippen molar-refractivity contribution in [3.05, 3.63) is 71.3 Å². The molecule has 0 aromatic heterocycles. The molecule has 0 aliphatic carbocycles. The summed E-state index contributed by atoms with van der Waals surface area (Å²) in [5.41, 5.74) is 2.39. The van der Waals surface area contributed by atoms with Crippen LogP contribution >= 0.6 is 0 Å². The SMILES string of the molecule is CC(NCc1cccc(C(=O)O)c1)C(OC1CCOCC1)c1ccccc1. The predicted molar refractivity (Wildman–Crippen MR) is 104 cm³/mol. The van der Waals surface area contributed by atoms with E-state index in [1.54, 1.807) is 18.2 Å². The van der Waals surface area contributed by atoms with E-state index >= 15 is 0 Å². The minimum absolute atomic E-state index is 0.0723. The van der Waals surface area contributed by atoms with E-state index < -0.39 is 5.97 Å². The molecule has 0 saturated carbocycles. The predicted octanol–water partition coefficient (Wildman–Crippen LogP) is 3.80. The molecular weight excluding hydrogens is 342 g/mol. The molecule has 2 unspecified atom stereocenters. The Morgan fingerprint density at radius 1 is 1.19 bits per heavy atom. The summed E-state index contributed by atoms with van der Waals surface area (Å²) in [5.74, 6) is -0.907. The van der Waals surface area contributed by atoms with Crippen LogP contribution in [-0.2, 0) is 16.0 Å². The van der Waals surface area contributed by atoms with Crippen molar-refractivity contribution in [2.24, 2.45) is 0 Å². The molecule has 0 radical (unpaired) electrons. The zero-order chi connectivity index (χ0) is 19.1. The van der Waals surface area contributed by atoms with Crippen molar-refractivity contribution in [3.63, 3.8) is 0 Å². The van der Waals surface area contributed by atoms with E-state index in [9.17, 15) is 4.79 Å². The van der Waals surface area contributed by atoms with Crippen LogP contribution in [0, 0.1) is 0 Å². The highest BCUT2D eigenvalue weighted by Gasteiger charge is 2.25. The fourth-order valence-corrected chi connectivity index (χ4v) is 3.35. The summed E-state index contributed by atoms with van der Waals surface area (Å²) in [6.45, 7) is 4.19. The Morgan fingerprint density at radius 3 is 2.63 bits per heavy atom. The van der Waals surface area contributed by atoms with E-state index in [0.717, 1.165) is 37.2 Å². The van der Waals surface area contributed by atoms with Gasteiger partial charge in [0.2, 0.25) is 0 Å². The second-order valence-corrected chi connectivity index (χ2v) is 6.95. The highest BCUT2D eigenvalue weighted by Crippen LogP contribution is 2.26. The van der Waals surface area contributed by atoms with Crippen LogP contribution in [0.3, 0.4) is 0 Å². The van der Waals surface area contributed by atoms with Gasteiger partial charge in [-0.25, -0.2) is 4.79 Å². The maximum absolute atomic E-state index is 11.2. The lowest BCUT2D eigenvalue weighted by Crippen LogP contribution is -2.36. The van der Waals surface area contributed by atoms with Crippen molar-refractivity contribution in [3.8, 4) is 0 Å². The van der Waals surface area contributed by atoms with Gasteiger partial charge in [0.15, 0.2) is 0 Å². The van der Waals surface area contributed by atoms with Gasteiger partial charge < -0.3 is 19.9 Å². The number of carboxylic acid groups (broad SMARTS) is 1. The highest BCUT2D eigenvalue weighted by atomic mass is 16.5. The van der Waals surface area contributed by atoms with Gasteiger partial charge in [-0.05, 0) is 43.0 Å². The van der Waals surface area contributed by atoms with E-state index in [2.05, 4.69) is 24.4 Å². The van der Waals surface area contributed by atoms with Crippen molar-refractivity contribution in [2.45, 2.75) is 44.6 Å². The molecule has 1 heterocycles. The number of hydrogen-bond donors (Lipinski definition) is 2. The Balaban J connectivity index is 1.67. The van der Waals surface area contributed by atoms with Crippen LogP contribution in [-0.4, -0.2) is 36.4 Å². The zero-order valence-electron chi connectivity index (χ0n) is 15.6. The largest absolute Gasteiger partial charge is 0.478 e. The van der Waals surface area contributed by atoms with Crippen molar-refractivity contribution >= 4 is 5.97 Å². The number of ether oxygens (including phenoxy) is 2. The molecular formula is C22H27NO4. The Labute approximate surface area is 160 Å². The Kier molecular flexibility index (Phi) is 6.98. The quantitative estimate of drug-likeness (QED) is 0.741. The van der Waals surface area contributed by atoms with E-state index in [1.165, 1.54) is 0 Å². The summed E-state index contributed by atoms with van der Waals surface area (Å²) in [7, 11) is 0. The Bertz CT molecular complexity index is 728. The van der Waals surface area contributed by atoms with Gasteiger partial charge in [-0.2, -0.15) is 0 Å². The monoisotopic (exact) mass is 369 g/mol. The third-order valence-electron chi connectivity index (χ3n) is 4.89. The molecule has 0 spiro atoms. The third-order valence-corrected chi connectivity index (χ3v) is 4.89. The molecule has 0 amide bonds. The van der Waals surface area contributed by atoms with Crippen molar-refractivity contribution in [2.75, 3.05) is 13.2 Å². The van der Waals surface area contributed by atoms with Gasteiger partial charge >= 0.3 is 5.97 Å². The molecule has 144 valence electrons. The number of carbonyl (C=O) groups is 1. The van der Waals surface area contributed by atoms with Crippen LogP contribution in [0.25, 0.3) is 0 Å². The molecule has 2 aromatic carbocycles. The first-order valence-electron chi connectivity index (χ1n) is 9.47. The van der Waals surface area contributed by atoms with Gasteiger partial charge in [-0.1, -0.05) is 42.5 Å². The molecule has 1 saturated heterocycles.